The van der Waals surface area contributed by atoms with Gasteiger partial charge >= 0.3 is 0 Å². The summed E-state index contributed by atoms with van der Waals surface area (Å²) in [5, 5.41) is 3.15. The molecule has 1 heterocycles. The molecule has 2 rings (SSSR count). The summed E-state index contributed by atoms with van der Waals surface area (Å²) in [5.41, 5.74) is 0. The molecule has 0 amide bonds. The van der Waals surface area contributed by atoms with Gasteiger partial charge in [-0.1, -0.05) is 6.92 Å². The predicted molar refractivity (Wildman–Crippen MR) is 66.8 cm³/mol. The minimum absolute atomic E-state index is 0.338. The first-order valence-corrected chi connectivity index (χ1v) is 6.52. The molecule has 0 atom stereocenters. The Morgan fingerprint density at radius 2 is 2.38 bits per heavy atom. The summed E-state index contributed by atoms with van der Waals surface area (Å²) >= 11 is 3.40. The van der Waals surface area contributed by atoms with E-state index in [0.717, 1.165) is 30.3 Å². The average molecular weight is 286 g/mol. The summed E-state index contributed by atoms with van der Waals surface area (Å²) in [5.74, 6) is 1.29. The molecule has 0 bridgehead atoms. The van der Waals surface area contributed by atoms with Gasteiger partial charge in [-0.05, 0) is 41.6 Å². The average Bonchev–Trinajstić information content (AvgIpc) is 2.23. The molecule has 5 heteroatoms. The van der Waals surface area contributed by atoms with Crippen molar-refractivity contribution in [1.82, 2.24) is 9.97 Å². The largest absolute Gasteiger partial charge is 0.473 e. The van der Waals surface area contributed by atoms with E-state index in [2.05, 4.69) is 38.1 Å². The molecule has 1 N–H and O–H groups in total. The molecule has 1 aliphatic carbocycles. The molecule has 16 heavy (non-hydrogen) atoms. The fraction of sp³-hybridized carbons (Fsp3) is 0.636. The maximum Gasteiger partial charge on any atom is 0.233 e. The van der Waals surface area contributed by atoms with Gasteiger partial charge in [-0.25, -0.2) is 4.98 Å². The smallest absolute Gasteiger partial charge is 0.233 e. The minimum Gasteiger partial charge on any atom is -0.473 e. The third-order valence-corrected chi connectivity index (χ3v) is 3.12. The second-order valence-electron chi connectivity index (χ2n) is 3.94. The van der Waals surface area contributed by atoms with Crippen molar-refractivity contribution in [3.8, 4) is 5.88 Å². The van der Waals surface area contributed by atoms with Crippen molar-refractivity contribution < 1.29 is 4.74 Å². The second-order valence-corrected chi connectivity index (χ2v) is 4.80. The van der Waals surface area contributed by atoms with Crippen molar-refractivity contribution in [1.29, 1.82) is 0 Å². The van der Waals surface area contributed by atoms with E-state index >= 15 is 0 Å². The lowest BCUT2D eigenvalue weighted by Crippen LogP contribution is -2.25. The molecule has 0 spiro atoms. The zero-order valence-electron chi connectivity index (χ0n) is 9.37. The standard InChI is InChI=1S/C11H16BrN3O/c1-2-6-13-11-14-7-9(12)10(15-11)16-8-4-3-5-8/h7-8H,2-6H2,1H3,(H,13,14,15). The molecule has 0 aromatic carbocycles. The molecular formula is C11H16BrN3O. The Hall–Kier alpha value is -0.840. The van der Waals surface area contributed by atoms with Crippen molar-refractivity contribution in [2.24, 2.45) is 0 Å². The molecule has 0 aliphatic heterocycles. The first kappa shape index (κ1) is 11.6. The summed E-state index contributed by atoms with van der Waals surface area (Å²) in [6, 6.07) is 0. The molecule has 1 aromatic rings. The van der Waals surface area contributed by atoms with Crippen LogP contribution in [0.15, 0.2) is 10.7 Å². The second kappa shape index (κ2) is 5.48. The summed E-state index contributed by atoms with van der Waals surface area (Å²) in [7, 11) is 0. The van der Waals surface area contributed by atoms with E-state index < -0.39 is 0 Å². The van der Waals surface area contributed by atoms with Gasteiger partial charge in [-0.3, -0.25) is 0 Å². The predicted octanol–water partition coefficient (Wildman–Crippen LogP) is 2.99. The van der Waals surface area contributed by atoms with E-state index in [1.165, 1.54) is 6.42 Å². The van der Waals surface area contributed by atoms with Crippen molar-refractivity contribution in [2.75, 3.05) is 11.9 Å². The van der Waals surface area contributed by atoms with E-state index in [-0.39, 0.29) is 0 Å². The highest BCUT2D eigenvalue weighted by molar-refractivity contribution is 9.10. The first-order valence-electron chi connectivity index (χ1n) is 5.72. The summed E-state index contributed by atoms with van der Waals surface area (Å²) in [4.78, 5) is 8.52. The van der Waals surface area contributed by atoms with Crippen LogP contribution in [0.4, 0.5) is 5.95 Å². The van der Waals surface area contributed by atoms with Crippen LogP contribution in [-0.2, 0) is 0 Å². The number of rotatable bonds is 5. The van der Waals surface area contributed by atoms with Gasteiger partial charge in [0.1, 0.15) is 6.10 Å². The molecule has 1 saturated carbocycles. The number of nitrogens with zero attached hydrogens (tertiary/aromatic N) is 2. The molecule has 1 aliphatic rings. The Balaban J connectivity index is 2.02. The fourth-order valence-corrected chi connectivity index (χ4v) is 1.69. The van der Waals surface area contributed by atoms with Gasteiger partial charge in [0, 0.05) is 6.54 Å². The van der Waals surface area contributed by atoms with Gasteiger partial charge in [-0.15, -0.1) is 0 Å². The van der Waals surface area contributed by atoms with Gasteiger partial charge in [-0.2, -0.15) is 4.98 Å². The quantitative estimate of drug-likeness (QED) is 0.904. The van der Waals surface area contributed by atoms with Gasteiger partial charge in [0.2, 0.25) is 11.8 Å². The Labute approximate surface area is 104 Å². The number of aromatic nitrogens is 2. The lowest BCUT2D eigenvalue weighted by Gasteiger charge is -2.26. The molecular weight excluding hydrogens is 270 g/mol. The maximum atomic E-state index is 5.76. The molecule has 0 saturated heterocycles. The SMILES string of the molecule is CCCNc1ncc(Br)c(OC2CCC2)n1. The first-order chi connectivity index (χ1) is 7.79. The molecule has 4 nitrogen and oxygen atoms in total. The third kappa shape index (κ3) is 2.84. The lowest BCUT2D eigenvalue weighted by atomic mass is 9.96. The number of ether oxygens (including phenoxy) is 1. The molecule has 1 aromatic heterocycles. The van der Waals surface area contributed by atoms with E-state index in [0.29, 0.717) is 17.9 Å². The van der Waals surface area contributed by atoms with Crippen LogP contribution in [0.25, 0.3) is 0 Å². The van der Waals surface area contributed by atoms with Crippen LogP contribution in [0.1, 0.15) is 32.6 Å². The Bertz CT molecular complexity index is 355. The highest BCUT2D eigenvalue weighted by Crippen LogP contribution is 2.29. The zero-order valence-corrected chi connectivity index (χ0v) is 11.0. The van der Waals surface area contributed by atoms with Crippen molar-refractivity contribution >= 4 is 21.9 Å². The summed E-state index contributed by atoms with van der Waals surface area (Å²) in [6.07, 6.45) is 6.65. The van der Waals surface area contributed by atoms with E-state index in [1.807, 2.05) is 0 Å². The van der Waals surface area contributed by atoms with Crippen molar-refractivity contribution in [3.05, 3.63) is 10.7 Å². The number of hydrogen-bond donors (Lipinski definition) is 1. The Kier molecular flexibility index (Phi) is 3.98. The van der Waals surface area contributed by atoms with E-state index in [1.54, 1.807) is 6.20 Å². The normalized spacial score (nSPS) is 15.6. The number of hydrogen-bond acceptors (Lipinski definition) is 4. The van der Waals surface area contributed by atoms with Crippen LogP contribution in [0.3, 0.4) is 0 Å². The topological polar surface area (TPSA) is 47.0 Å². The fourth-order valence-electron chi connectivity index (χ4n) is 1.40. The van der Waals surface area contributed by atoms with Crippen molar-refractivity contribution in [2.45, 2.75) is 38.7 Å². The third-order valence-electron chi connectivity index (χ3n) is 2.58. The summed E-state index contributed by atoms with van der Waals surface area (Å²) in [6.45, 7) is 2.99. The zero-order chi connectivity index (χ0) is 11.4. The van der Waals surface area contributed by atoms with Crippen LogP contribution in [-0.4, -0.2) is 22.6 Å². The Morgan fingerprint density at radius 3 is 3.00 bits per heavy atom. The Morgan fingerprint density at radius 1 is 1.56 bits per heavy atom. The van der Waals surface area contributed by atoms with Gasteiger partial charge in [0.15, 0.2) is 0 Å². The van der Waals surface area contributed by atoms with Crippen LogP contribution >= 0.6 is 15.9 Å². The summed E-state index contributed by atoms with van der Waals surface area (Å²) < 4.78 is 6.58. The molecule has 0 radical (unpaired) electrons. The van der Waals surface area contributed by atoms with Gasteiger partial charge < -0.3 is 10.1 Å². The number of nitrogens with one attached hydrogen (secondary N) is 1. The van der Waals surface area contributed by atoms with Crippen LogP contribution in [0.5, 0.6) is 5.88 Å². The van der Waals surface area contributed by atoms with Gasteiger partial charge in [0.05, 0.1) is 10.7 Å². The van der Waals surface area contributed by atoms with Gasteiger partial charge in [0.25, 0.3) is 0 Å². The maximum absolute atomic E-state index is 5.76. The number of anilines is 1. The highest BCUT2D eigenvalue weighted by Gasteiger charge is 2.21. The van der Waals surface area contributed by atoms with Crippen LogP contribution < -0.4 is 10.1 Å². The highest BCUT2D eigenvalue weighted by atomic mass is 79.9. The monoisotopic (exact) mass is 285 g/mol. The van der Waals surface area contributed by atoms with Crippen LogP contribution in [0.2, 0.25) is 0 Å². The van der Waals surface area contributed by atoms with Crippen molar-refractivity contribution in [3.63, 3.8) is 0 Å². The number of halogens is 1. The molecule has 0 unspecified atom stereocenters. The van der Waals surface area contributed by atoms with Crippen LogP contribution in [0, 0.1) is 0 Å². The minimum atomic E-state index is 0.338. The van der Waals surface area contributed by atoms with E-state index in [9.17, 15) is 0 Å². The lowest BCUT2D eigenvalue weighted by molar-refractivity contribution is 0.113. The van der Waals surface area contributed by atoms with E-state index in [4.69, 9.17) is 4.74 Å². The molecule has 88 valence electrons. The molecule has 1 fully saturated rings.